The molecule has 0 heterocycles. The Labute approximate surface area is 141 Å². The molecule has 0 saturated carbocycles. The number of hydrogen-bond donors (Lipinski definition) is 4. The lowest BCUT2D eigenvalue weighted by molar-refractivity contribution is -0.314. The SMILES string of the molecule is CCCC(O)(O)O.O=C([O-])Cc1ccccc1-c1ccccc1.[NH4+]. The van der Waals surface area contributed by atoms with Crippen molar-refractivity contribution in [2.24, 2.45) is 0 Å². The lowest BCUT2D eigenvalue weighted by atomic mass is 9.98. The fourth-order valence-corrected chi connectivity index (χ4v) is 2.06. The van der Waals surface area contributed by atoms with Crippen LogP contribution in [-0.2, 0) is 11.2 Å². The fraction of sp³-hybridized carbons (Fsp3) is 0.278. The molecule has 0 unspecified atom stereocenters. The van der Waals surface area contributed by atoms with Gasteiger partial charge >= 0.3 is 0 Å². The molecule has 0 bridgehead atoms. The Morgan fingerprint density at radius 2 is 1.54 bits per heavy atom. The van der Waals surface area contributed by atoms with E-state index >= 15 is 0 Å². The lowest BCUT2D eigenvalue weighted by Crippen LogP contribution is -2.26. The highest BCUT2D eigenvalue weighted by Crippen LogP contribution is 2.23. The molecule has 0 aliphatic rings. The largest absolute Gasteiger partial charge is 0.550 e. The first kappa shape index (κ1) is 21.8. The summed E-state index contributed by atoms with van der Waals surface area (Å²) in [6, 6.07) is 17.2. The minimum absolute atomic E-state index is 0. The normalized spacial score (nSPS) is 10.2. The highest BCUT2D eigenvalue weighted by atomic mass is 16.7. The van der Waals surface area contributed by atoms with Gasteiger partial charge in [-0.3, -0.25) is 0 Å². The van der Waals surface area contributed by atoms with E-state index in [-0.39, 0.29) is 19.0 Å². The fourth-order valence-electron chi connectivity index (χ4n) is 2.06. The number of carbonyl (C=O) groups excluding carboxylic acids is 1. The minimum atomic E-state index is -2.45. The van der Waals surface area contributed by atoms with Gasteiger partial charge in [0.05, 0.1) is 0 Å². The number of aliphatic hydroxyl groups is 3. The average Bonchev–Trinajstić information content (AvgIpc) is 2.47. The van der Waals surface area contributed by atoms with E-state index in [4.69, 9.17) is 15.3 Å². The quantitative estimate of drug-likeness (QED) is 0.613. The molecule has 0 atom stereocenters. The Balaban J connectivity index is 0.000000570. The molecule has 7 N–H and O–H groups in total. The van der Waals surface area contributed by atoms with Gasteiger partial charge in [-0.2, -0.15) is 0 Å². The van der Waals surface area contributed by atoms with E-state index < -0.39 is 11.9 Å². The summed E-state index contributed by atoms with van der Waals surface area (Å²) in [6.45, 7) is 1.75. The van der Waals surface area contributed by atoms with Crippen LogP contribution in [0.15, 0.2) is 54.6 Å². The molecule has 0 saturated heterocycles. The number of carbonyl (C=O) groups is 1. The summed E-state index contributed by atoms with van der Waals surface area (Å²) in [5.74, 6) is -3.50. The summed E-state index contributed by atoms with van der Waals surface area (Å²) >= 11 is 0. The molecule has 0 aromatic heterocycles. The summed E-state index contributed by atoms with van der Waals surface area (Å²) in [4.78, 5) is 10.6. The Hall–Kier alpha value is -2.25. The van der Waals surface area contributed by atoms with Crippen molar-refractivity contribution in [2.75, 3.05) is 0 Å². The average molecular weight is 335 g/mol. The van der Waals surface area contributed by atoms with Crippen LogP contribution in [0, 0.1) is 0 Å². The van der Waals surface area contributed by atoms with Crippen LogP contribution in [0.3, 0.4) is 0 Å². The van der Waals surface area contributed by atoms with Crippen molar-refractivity contribution < 1.29 is 25.2 Å². The van der Waals surface area contributed by atoms with Crippen molar-refractivity contribution in [1.82, 2.24) is 6.15 Å². The molecule has 0 radical (unpaired) electrons. The maximum Gasteiger partial charge on any atom is 0.275 e. The second kappa shape index (κ2) is 10.5. The molecule has 132 valence electrons. The van der Waals surface area contributed by atoms with Crippen molar-refractivity contribution in [1.29, 1.82) is 0 Å². The lowest BCUT2D eigenvalue weighted by Gasteiger charge is -2.10. The summed E-state index contributed by atoms with van der Waals surface area (Å²) in [7, 11) is 0. The molecule has 0 spiro atoms. The third kappa shape index (κ3) is 8.40. The van der Waals surface area contributed by atoms with Crippen LogP contribution >= 0.6 is 0 Å². The number of quaternary nitrogens is 1. The molecule has 0 amide bonds. The molecule has 6 heteroatoms. The van der Waals surface area contributed by atoms with Gasteiger partial charge in [0.1, 0.15) is 0 Å². The van der Waals surface area contributed by atoms with Crippen LogP contribution in [0.25, 0.3) is 11.1 Å². The third-order valence-corrected chi connectivity index (χ3v) is 3.02. The van der Waals surface area contributed by atoms with E-state index in [0.717, 1.165) is 16.7 Å². The first-order chi connectivity index (χ1) is 10.8. The number of aliphatic carboxylic acids is 1. The maximum absolute atomic E-state index is 10.6. The first-order valence-corrected chi connectivity index (χ1v) is 7.33. The van der Waals surface area contributed by atoms with Crippen molar-refractivity contribution in [3.05, 3.63) is 60.2 Å². The van der Waals surface area contributed by atoms with Gasteiger partial charge in [0.25, 0.3) is 5.97 Å². The zero-order valence-electron chi connectivity index (χ0n) is 14.0. The molecule has 6 nitrogen and oxygen atoms in total. The molecule has 2 rings (SSSR count). The van der Waals surface area contributed by atoms with Crippen LogP contribution in [0.1, 0.15) is 25.3 Å². The van der Waals surface area contributed by atoms with E-state index in [1.54, 1.807) is 6.92 Å². The van der Waals surface area contributed by atoms with Gasteiger partial charge < -0.3 is 31.4 Å². The zero-order chi connectivity index (χ0) is 17.3. The molecule has 24 heavy (non-hydrogen) atoms. The van der Waals surface area contributed by atoms with E-state index in [9.17, 15) is 9.90 Å². The van der Waals surface area contributed by atoms with Crippen LogP contribution in [0.5, 0.6) is 0 Å². The van der Waals surface area contributed by atoms with Gasteiger partial charge in [0, 0.05) is 18.8 Å². The molecule has 0 aliphatic carbocycles. The summed E-state index contributed by atoms with van der Waals surface area (Å²) in [5.41, 5.74) is 2.76. The summed E-state index contributed by atoms with van der Waals surface area (Å²) in [5, 5.41) is 35.0. The highest BCUT2D eigenvalue weighted by molar-refractivity contribution is 5.75. The molecular formula is C18H25NO5. The number of benzene rings is 2. The van der Waals surface area contributed by atoms with Crippen molar-refractivity contribution in [3.8, 4) is 11.1 Å². The van der Waals surface area contributed by atoms with E-state index in [0.29, 0.717) is 6.42 Å². The predicted molar refractivity (Wildman–Crippen MR) is 90.9 cm³/mol. The Morgan fingerprint density at radius 3 is 2.00 bits per heavy atom. The molecular weight excluding hydrogens is 310 g/mol. The zero-order valence-corrected chi connectivity index (χ0v) is 14.0. The highest BCUT2D eigenvalue weighted by Gasteiger charge is 2.14. The third-order valence-electron chi connectivity index (χ3n) is 3.02. The van der Waals surface area contributed by atoms with Crippen LogP contribution in [0.2, 0.25) is 0 Å². The van der Waals surface area contributed by atoms with Gasteiger partial charge in [-0.1, -0.05) is 61.5 Å². The molecule has 0 fully saturated rings. The van der Waals surface area contributed by atoms with Gasteiger partial charge in [0.2, 0.25) is 0 Å². The van der Waals surface area contributed by atoms with E-state index in [1.165, 1.54) is 0 Å². The summed E-state index contributed by atoms with van der Waals surface area (Å²) < 4.78 is 0. The molecule has 0 aliphatic heterocycles. The van der Waals surface area contributed by atoms with Gasteiger partial charge in [0.15, 0.2) is 0 Å². The van der Waals surface area contributed by atoms with E-state index in [1.807, 2.05) is 54.6 Å². The number of rotatable bonds is 5. The molecule has 2 aromatic carbocycles. The van der Waals surface area contributed by atoms with Crippen molar-refractivity contribution >= 4 is 5.97 Å². The van der Waals surface area contributed by atoms with E-state index in [2.05, 4.69) is 0 Å². The second-order valence-corrected chi connectivity index (χ2v) is 5.10. The monoisotopic (exact) mass is 335 g/mol. The standard InChI is InChI=1S/C14H12O2.C4H10O3.H3N/c15-14(16)10-12-8-4-5-9-13(12)11-6-2-1-3-7-11;1-2-3-4(5,6)7;/h1-9H,10H2,(H,15,16);5-7H,2-3H2,1H3;1H3. The number of carboxylic acids is 1. The van der Waals surface area contributed by atoms with Gasteiger partial charge in [-0.05, 0) is 23.1 Å². The van der Waals surface area contributed by atoms with Crippen LogP contribution in [0.4, 0.5) is 0 Å². The number of hydrogen-bond acceptors (Lipinski definition) is 5. The van der Waals surface area contributed by atoms with Crippen LogP contribution in [-0.4, -0.2) is 27.3 Å². The first-order valence-electron chi connectivity index (χ1n) is 7.33. The minimum Gasteiger partial charge on any atom is -0.550 e. The maximum atomic E-state index is 10.6. The second-order valence-electron chi connectivity index (χ2n) is 5.10. The predicted octanol–water partition coefficient (Wildman–Crippen LogP) is 1.44. The van der Waals surface area contributed by atoms with Crippen molar-refractivity contribution in [3.63, 3.8) is 0 Å². The number of carboxylic acid groups (broad SMARTS) is 1. The molecule has 2 aromatic rings. The van der Waals surface area contributed by atoms with Gasteiger partial charge in [-0.15, -0.1) is 0 Å². The Kier molecular flexibility index (Phi) is 9.53. The van der Waals surface area contributed by atoms with Gasteiger partial charge in [-0.25, -0.2) is 0 Å². The topological polar surface area (TPSA) is 137 Å². The Bertz CT molecular complexity index is 608. The smallest absolute Gasteiger partial charge is 0.275 e. The summed E-state index contributed by atoms with van der Waals surface area (Å²) in [6.07, 6.45) is 0.515. The Morgan fingerprint density at radius 1 is 1.00 bits per heavy atom. The van der Waals surface area contributed by atoms with Crippen molar-refractivity contribution in [2.45, 2.75) is 32.2 Å². The van der Waals surface area contributed by atoms with Crippen LogP contribution < -0.4 is 11.3 Å².